The monoisotopic (exact) mass is 280 g/mol. The minimum atomic E-state index is -1.06. The van der Waals surface area contributed by atoms with Crippen LogP contribution in [0.1, 0.15) is 38.3 Å². The maximum Gasteiger partial charge on any atom is 0.328 e. The molecule has 4 heteroatoms. The second-order valence-electron chi connectivity index (χ2n) is 5.27. The average molecular weight is 280 g/mol. The Morgan fingerprint density at radius 1 is 1.40 bits per heavy atom. The molecule has 1 unspecified atom stereocenters. The van der Waals surface area contributed by atoms with Gasteiger partial charge < -0.3 is 9.84 Å². The van der Waals surface area contributed by atoms with E-state index in [-0.39, 0.29) is 6.10 Å². The molecule has 0 aliphatic heterocycles. The van der Waals surface area contributed by atoms with Crippen molar-refractivity contribution in [3.05, 3.63) is 41.2 Å². The molecule has 1 atom stereocenters. The summed E-state index contributed by atoms with van der Waals surface area (Å²) in [7, 11) is 0. The zero-order chi connectivity index (χ0) is 15.1. The largest absolute Gasteiger partial charge is 0.478 e. The second kappa shape index (κ2) is 7.80. The highest BCUT2D eigenvalue weighted by Gasteiger charge is 2.08. The van der Waals surface area contributed by atoms with Crippen LogP contribution in [0.4, 0.5) is 4.39 Å². The van der Waals surface area contributed by atoms with Crippen molar-refractivity contribution in [1.29, 1.82) is 0 Å². The highest BCUT2D eigenvalue weighted by Crippen LogP contribution is 2.17. The number of halogens is 1. The molecule has 0 saturated carbocycles. The van der Waals surface area contributed by atoms with Crippen LogP contribution in [-0.4, -0.2) is 17.2 Å². The summed E-state index contributed by atoms with van der Waals surface area (Å²) in [6.45, 7) is 6.58. The number of hydrogen-bond acceptors (Lipinski definition) is 2. The predicted molar refractivity (Wildman–Crippen MR) is 76.8 cm³/mol. The maximum absolute atomic E-state index is 13.2. The molecule has 0 aromatic heterocycles. The summed E-state index contributed by atoms with van der Waals surface area (Å²) in [6.07, 6.45) is 3.44. The summed E-state index contributed by atoms with van der Waals surface area (Å²) in [5.41, 5.74) is 1.31. The van der Waals surface area contributed by atoms with Gasteiger partial charge in [0.05, 0.1) is 12.7 Å². The Hall–Kier alpha value is -1.68. The summed E-state index contributed by atoms with van der Waals surface area (Å²) in [6, 6.07) is 4.29. The fourth-order valence-electron chi connectivity index (χ4n) is 1.98. The minimum absolute atomic E-state index is 0.108. The normalized spacial score (nSPS) is 13.1. The van der Waals surface area contributed by atoms with Gasteiger partial charge in [-0.05, 0) is 48.6 Å². The van der Waals surface area contributed by atoms with Crippen LogP contribution in [-0.2, 0) is 16.1 Å². The van der Waals surface area contributed by atoms with Crippen LogP contribution in [0.15, 0.2) is 24.3 Å². The zero-order valence-electron chi connectivity index (χ0n) is 12.1. The van der Waals surface area contributed by atoms with Crippen molar-refractivity contribution in [2.45, 2.75) is 39.9 Å². The van der Waals surface area contributed by atoms with E-state index in [1.165, 1.54) is 18.2 Å². The van der Waals surface area contributed by atoms with Crippen molar-refractivity contribution in [1.82, 2.24) is 0 Å². The molecule has 1 aromatic rings. The molecule has 1 N–H and O–H groups in total. The van der Waals surface area contributed by atoms with Gasteiger partial charge in [0.25, 0.3) is 0 Å². The van der Waals surface area contributed by atoms with Crippen molar-refractivity contribution >= 4 is 12.0 Å². The molecule has 1 aromatic carbocycles. The lowest BCUT2D eigenvalue weighted by atomic mass is 10.1. The lowest BCUT2D eigenvalue weighted by Gasteiger charge is -2.16. The summed E-state index contributed by atoms with van der Waals surface area (Å²) >= 11 is 0. The third-order valence-corrected chi connectivity index (χ3v) is 2.84. The molecule has 0 aliphatic rings. The fraction of sp³-hybridized carbons (Fsp3) is 0.438. The smallest absolute Gasteiger partial charge is 0.328 e. The van der Waals surface area contributed by atoms with Crippen LogP contribution in [0.2, 0.25) is 0 Å². The molecule has 3 nitrogen and oxygen atoms in total. The quantitative estimate of drug-likeness (QED) is 0.771. The van der Waals surface area contributed by atoms with Crippen LogP contribution in [0.3, 0.4) is 0 Å². The predicted octanol–water partition coefficient (Wildman–Crippen LogP) is 3.87. The van der Waals surface area contributed by atoms with Gasteiger partial charge in [0.2, 0.25) is 0 Å². The van der Waals surface area contributed by atoms with Gasteiger partial charge >= 0.3 is 5.97 Å². The molecule has 0 amide bonds. The Labute approximate surface area is 119 Å². The van der Waals surface area contributed by atoms with E-state index in [0.717, 1.165) is 18.1 Å². The van der Waals surface area contributed by atoms with Gasteiger partial charge in [-0.25, -0.2) is 9.18 Å². The van der Waals surface area contributed by atoms with E-state index in [1.807, 2.05) is 6.92 Å². The van der Waals surface area contributed by atoms with Crippen LogP contribution in [0.25, 0.3) is 6.08 Å². The molecule has 0 radical (unpaired) electrons. The number of carboxylic acids is 1. The van der Waals surface area contributed by atoms with Crippen molar-refractivity contribution < 1.29 is 19.0 Å². The number of benzene rings is 1. The van der Waals surface area contributed by atoms with Crippen LogP contribution >= 0.6 is 0 Å². The van der Waals surface area contributed by atoms with Crippen molar-refractivity contribution in [3.63, 3.8) is 0 Å². The summed E-state index contributed by atoms with van der Waals surface area (Å²) in [5.74, 6) is -0.909. The lowest BCUT2D eigenvalue weighted by molar-refractivity contribution is -0.131. The first-order valence-electron chi connectivity index (χ1n) is 6.69. The van der Waals surface area contributed by atoms with E-state index in [2.05, 4.69) is 13.8 Å². The number of carboxylic acid groups (broad SMARTS) is 1. The van der Waals surface area contributed by atoms with Crippen molar-refractivity contribution in [2.75, 3.05) is 0 Å². The highest BCUT2D eigenvalue weighted by molar-refractivity contribution is 5.85. The molecule has 0 bridgehead atoms. The standard InChI is InChI=1S/C16H21FO3/c1-11(2)8-12(3)20-10-14-4-6-15(17)9-13(14)5-7-16(18)19/h4-7,9,11-12H,8,10H2,1-3H3,(H,18,19). The number of rotatable bonds is 7. The highest BCUT2D eigenvalue weighted by atomic mass is 19.1. The van der Waals surface area contributed by atoms with Gasteiger partial charge in [0, 0.05) is 6.08 Å². The number of carbonyl (C=O) groups is 1. The molecule has 110 valence electrons. The van der Waals surface area contributed by atoms with Gasteiger partial charge in [-0.2, -0.15) is 0 Å². The Kier molecular flexibility index (Phi) is 6.39. The number of aliphatic carboxylic acids is 1. The topological polar surface area (TPSA) is 46.5 Å². The van der Waals surface area contributed by atoms with Crippen LogP contribution < -0.4 is 0 Å². The first-order chi connectivity index (χ1) is 9.38. The van der Waals surface area contributed by atoms with E-state index < -0.39 is 11.8 Å². The molecular formula is C16H21FO3. The molecule has 0 heterocycles. The van der Waals surface area contributed by atoms with Gasteiger partial charge in [0.1, 0.15) is 5.82 Å². The zero-order valence-corrected chi connectivity index (χ0v) is 12.1. The maximum atomic E-state index is 13.2. The molecule has 0 aliphatic carbocycles. The molecule has 0 spiro atoms. The third kappa shape index (κ3) is 5.97. The number of hydrogen-bond donors (Lipinski definition) is 1. The third-order valence-electron chi connectivity index (χ3n) is 2.84. The van der Waals surface area contributed by atoms with Gasteiger partial charge in [-0.15, -0.1) is 0 Å². The van der Waals surface area contributed by atoms with E-state index in [1.54, 1.807) is 6.07 Å². The van der Waals surface area contributed by atoms with Crippen molar-refractivity contribution in [2.24, 2.45) is 5.92 Å². The molecular weight excluding hydrogens is 259 g/mol. The lowest BCUT2D eigenvalue weighted by Crippen LogP contribution is -2.11. The average Bonchev–Trinajstić information content (AvgIpc) is 2.34. The van der Waals surface area contributed by atoms with E-state index in [4.69, 9.17) is 9.84 Å². The fourth-order valence-corrected chi connectivity index (χ4v) is 1.98. The molecule has 0 fully saturated rings. The summed E-state index contributed by atoms with van der Waals surface area (Å²) in [4.78, 5) is 10.5. The van der Waals surface area contributed by atoms with E-state index in [0.29, 0.717) is 18.1 Å². The van der Waals surface area contributed by atoms with Gasteiger partial charge in [-0.1, -0.05) is 19.9 Å². The van der Waals surface area contributed by atoms with E-state index in [9.17, 15) is 9.18 Å². The molecule has 0 saturated heterocycles. The van der Waals surface area contributed by atoms with Gasteiger partial charge in [0.15, 0.2) is 0 Å². The first-order valence-corrected chi connectivity index (χ1v) is 6.69. The Morgan fingerprint density at radius 3 is 2.70 bits per heavy atom. The SMILES string of the molecule is CC(C)CC(C)OCc1ccc(F)cc1C=CC(=O)O. The summed E-state index contributed by atoms with van der Waals surface area (Å²) in [5, 5.41) is 8.64. The van der Waals surface area contributed by atoms with Crippen molar-refractivity contribution in [3.8, 4) is 0 Å². The minimum Gasteiger partial charge on any atom is -0.478 e. The van der Waals surface area contributed by atoms with E-state index >= 15 is 0 Å². The van der Waals surface area contributed by atoms with Crippen LogP contribution in [0.5, 0.6) is 0 Å². The molecule has 20 heavy (non-hydrogen) atoms. The molecule has 1 rings (SSSR count). The Balaban J connectivity index is 2.76. The first kappa shape index (κ1) is 16.4. The van der Waals surface area contributed by atoms with Crippen LogP contribution in [0, 0.1) is 11.7 Å². The Bertz CT molecular complexity index is 481. The number of ether oxygens (including phenoxy) is 1. The van der Waals surface area contributed by atoms with Gasteiger partial charge in [-0.3, -0.25) is 0 Å². The Morgan fingerprint density at radius 2 is 2.10 bits per heavy atom. The summed E-state index contributed by atoms with van der Waals surface area (Å²) < 4.78 is 18.9. The second-order valence-corrected chi connectivity index (χ2v) is 5.27.